The summed E-state index contributed by atoms with van der Waals surface area (Å²) in [6.07, 6.45) is 2.82. The molecule has 96 valence electrons. The van der Waals surface area contributed by atoms with Gasteiger partial charge in [-0.15, -0.1) is 11.3 Å². The SMILES string of the molecule is Cc1ccoc1-c1nc(-c2cc(C(=O)O)co2)cs1. The number of aryl methyl sites for hydroxylation is 1. The van der Waals surface area contributed by atoms with Gasteiger partial charge in [-0.05, 0) is 18.6 Å². The Hall–Kier alpha value is -2.34. The predicted molar refractivity (Wildman–Crippen MR) is 69.2 cm³/mol. The van der Waals surface area contributed by atoms with Gasteiger partial charge in [0.25, 0.3) is 0 Å². The van der Waals surface area contributed by atoms with E-state index in [0.717, 1.165) is 16.3 Å². The van der Waals surface area contributed by atoms with Crippen molar-refractivity contribution in [1.82, 2.24) is 4.98 Å². The third kappa shape index (κ3) is 2.06. The monoisotopic (exact) mass is 275 g/mol. The second-order valence-electron chi connectivity index (χ2n) is 3.98. The smallest absolute Gasteiger partial charge is 0.338 e. The van der Waals surface area contributed by atoms with Crippen LogP contribution >= 0.6 is 11.3 Å². The molecule has 0 radical (unpaired) electrons. The topological polar surface area (TPSA) is 76.5 Å². The zero-order valence-corrected chi connectivity index (χ0v) is 10.7. The number of hydrogen-bond acceptors (Lipinski definition) is 5. The number of thiazole rings is 1. The highest BCUT2D eigenvalue weighted by molar-refractivity contribution is 7.13. The maximum absolute atomic E-state index is 10.8. The Kier molecular flexibility index (Phi) is 2.72. The molecule has 0 fully saturated rings. The molecule has 0 aromatic carbocycles. The second kappa shape index (κ2) is 4.40. The Morgan fingerprint density at radius 3 is 2.89 bits per heavy atom. The molecule has 0 saturated carbocycles. The first-order valence-corrected chi connectivity index (χ1v) is 6.35. The fourth-order valence-corrected chi connectivity index (χ4v) is 2.53. The van der Waals surface area contributed by atoms with Crippen LogP contribution in [0.2, 0.25) is 0 Å². The zero-order valence-electron chi connectivity index (χ0n) is 9.91. The third-order valence-corrected chi connectivity index (χ3v) is 3.50. The van der Waals surface area contributed by atoms with E-state index in [-0.39, 0.29) is 5.56 Å². The lowest BCUT2D eigenvalue weighted by Crippen LogP contribution is -1.91. The van der Waals surface area contributed by atoms with Gasteiger partial charge in [0.2, 0.25) is 0 Å². The minimum Gasteiger partial charge on any atom is -0.478 e. The Labute approximate surface area is 112 Å². The van der Waals surface area contributed by atoms with Gasteiger partial charge in [-0.1, -0.05) is 0 Å². The van der Waals surface area contributed by atoms with Gasteiger partial charge in [0.15, 0.2) is 16.5 Å². The number of furan rings is 2. The number of rotatable bonds is 3. The molecule has 0 unspecified atom stereocenters. The fourth-order valence-electron chi connectivity index (χ4n) is 1.67. The summed E-state index contributed by atoms with van der Waals surface area (Å²) in [5.74, 6) is 0.137. The number of aromatic carboxylic acids is 1. The van der Waals surface area contributed by atoms with Crippen LogP contribution in [0.4, 0.5) is 0 Å². The van der Waals surface area contributed by atoms with E-state index in [0.29, 0.717) is 11.5 Å². The van der Waals surface area contributed by atoms with E-state index >= 15 is 0 Å². The molecule has 3 rings (SSSR count). The molecule has 0 aliphatic rings. The molecule has 19 heavy (non-hydrogen) atoms. The summed E-state index contributed by atoms with van der Waals surface area (Å²) in [5, 5.41) is 11.4. The van der Waals surface area contributed by atoms with Crippen LogP contribution in [-0.4, -0.2) is 16.1 Å². The maximum Gasteiger partial charge on any atom is 0.338 e. The standard InChI is InChI=1S/C13H9NO4S/c1-7-2-3-17-11(7)12-14-9(6-19-12)10-4-8(5-18-10)13(15)16/h2-6H,1H3,(H,15,16). The summed E-state index contributed by atoms with van der Waals surface area (Å²) < 4.78 is 10.6. The largest absolute Gasteiger partial charge is 0.478 e. The number of carboxylic acids is 1. The zero-order chi connectivity index (χ0) is 13.4. The van der Waals surface area contributed by atoms with Crippen LogP contribution in [0.15, 0.2) is 38.9 Å². The van der Waals surface area contributed by atoms with Crippen molar-refractivity contribution in [2.24, 2.45) is 0 Å². The van der Waals surface area contributed by atoms with E-state index in [1.165, 1.54) is 23.7 Å². The van der Waals surface area contributed by atoms with Gasteiger partial charge in [-0.2, -0.15) is 0 Å². The van der Waals surface area contributed by atoms with Crippen molar-refractivity contribution in [3.05, 3.63) is 41.2 Å². The van der Waals surface area contributed by atoms with Gasteiger partial charge in [0.1, 0.15) is 12.0 Å². The van der Waals surface area contributed by atoms with Crippen molar-refractivity contribution >= 4 is 17.3 Å². The molecule has 0 aliphatic heterocycles. The lowest BCUT2D eigenvalue weighted by atomic mass is 10.3. The van der Waals surface area contributed by atoms with Crippen LogP contribution in [0, 0.1) is 6.92 Å². The maximum atomic E-state index is 10.8. The van der Waals surface area contributed by atoms with Crippen LogP contribution in [0.5, 0.6) is 0 Å². The Morgan fingerprint density at radius 2 is 2.26 bits per heavy atom. The number of carboxylic acid groups (broad SMARTS) is 1. The van der Waals surface area contributed by atoms with Crippen molar-refractivity contribution in [2.45, 2.75) is 6.92 Å². The van der Waals surface area contributed by atoms with Crippen LogP contribution < -0.4 is 0 Å². The van der Waals surface area contributed by atoms with Gasteiger partial charge < -0.3 is 13.9 Å². The minimum atomic E-state index is -1.02. The summed E-state index contributed by atoms with van der Waals surface area (Å²) in [4.78, 5) is 15.2. The summed E-state index contributed by atoms with van der Waals surface area (Å²) >= 11 is 1.42. The molecule has 0 amide bonds. The molecule has 3 aromatic rings. The van der Waals surface area contributed by atoms with Gasteiger partial charge in [0.05, 0.1) is 11.8 Å². The minimum absolute atomic E-state index is 0.110. The first-order valence-electron chi connectivity index (χ1n) is 5.47. The van der Waals surface area contributed by atoms with Gasteiger partial charge in [-0.3, -0.25) is 0 Å². The first kappa shape index (κ1) is 11.7. The van der Waals surface area contributed by atoms with E-state index in [2.05, 4.69) is 4.98 Å². The van der Waals surface area contributed by atoms with Gasteiger partial charge in [0, 0.05) is 11.4 Å². The normalized spacial score (nSPS) is 10.8. The van der Waals surface area contributed by atoms with Crippen molar-refractivity contribution in [3.63, 3.8) is 0 Å². The van der Waals surface area contributed by atoms with E-state index in [1.54, 1.807) is 6.26 Å². The lowest BCUT2D eigenvalue weighted by Gasteiger charge is -1.91. The average molecular weight is 275 g/mol. The fraction of sp³-hybridized carbons (Fsp3) is 0.0769. The summed E-state index contributed by atoms with van der Waals surface area (Å²) in [6, 6.07) is 3.32. The molecule has 1 N–H and O–H groups in total. The van der Waals surface area contributed by atoms with E-state index in [1.807, 2.05) is 18.4 Å². The molecule has 3 aromatic heterocycles. The average Bonchev–Trinajstić information content (AvgIpc) is 3.07. The Bertz CT molecular complexity index is 737. The molecular formula is C13H9NO4S. The summed E-state index contributed by atoms with van der Waals surface area (Å²) in [7, 11) is 0. The van der Waals surface area contributed by atoms with Crippen molar-refractivity contribution in [3.8, 4) is 22.2 Å². The van der Waals surface area contributed by atoms with Gasteiger partial charge in [-0.25, -0.2) is 9.78 Å². The molecule has 0 atom stereocenters. The summed E-state index contributed by atoms with van der Waals surface area (Å²) in [5.41, 5.74) is 1.72. The number of aromatic nitrogens is 1. The highest BCUT2D eigenvalue weighted by Gasteiger charge is 2.15. The van der Waals surface area contributed by atoms with Crippen LogP contribution in [0.3, 0.4) is 0 Å². The first-order chi connectivity index (χ1) is 9.15. The molecular weight excluding hydrogens is 266 g/mol. The van der Waals surface area contributed by atoms with Crippen LogP contribution in [0.1, 0.15) is 15.9 Å². The van der Waals surface area contributed by atoms with E-state index in [9.17, 15) is 4.79 Å². The molecule has 0 bridgehead atoms. The molecule has 5 nitrogen and oxygen atoms in total. The number of carbonyl (C=O) groups is 1. The lowest BCUT2D eigenvalue weighted by molar-refractivity contribution is 0.0696. The Balaban J connectivity index is 1.97. The van der Waals surface area contributed by atoms with Gasteiger partial charge >= 0.3 is 5.97 Å². The van der Waals surface area contributed by atoms with Crippen molar-refractivity contribution in [1.29, 1.82) is 0 Å². The van der Waals surface area contributed by atoms with E-state index < -0.39 is 5.97 Å². The predicted octanol–water partition coefficient (Wildman–Crippen LogP) is 3.67. The molecule has 0 aliphatic carbocycles. The van der Waals surface area contributed by atoms with Crippen LogP contribution in [-0.2, 0) is 0 Å². The highest BCUT2D eigenvalue weighted by Crippen LogP contribution is 2.31. The van der Waals surface area contributed by atoms with Crippen molar-refractivity contribution < 1.29 is 18.7 Å². The number of hydrogen-bond donors (Lipinski definition) is 1. The Morgan fingerprint density at radius 1 is 1.42 bits per heavy atom. The van der Waals surface area contributed by atoms with E-state index in [4.69, 9.17) is 13.9 Å². The van der Waals surface area contributed by atoms with Crippen molar-refractivity contribution in [2.75, 3.05) is 0 Å². The molecule has 0 spiro atoms. The second-order valence-corrected chi connectivity index (χ2v) is 4.83. The highest BCUT2D eigenvalue weighted by atomic mass is 32.1. The van der Waals surface area contributed by atoms with Crippen LogP contribution in [0.25, 0.3) is 22.2 Å². The molecule has 0 saturated heterocycles. The summed E-state index contributed by atoms with van der Waals surface area (Å²) in [6.45, 7) is 1.94. The third-order valence-electron chi connectivity index (χ3n) is 2.66. The quantitative estimate of drug-likeness (QED) is 0.789. The molecule has 6 heteroatoms. The number of nitrogens with zero attached hydrogens (tertiary/aromatic N) is 1. The molecule has 3 heterocycles.